The molecule has 7 nitrogen and oxygen atoms in total. The molecular weight excluding hydrogens is 404 g/mol. The first-order valence-corrected chi connectivity index (χ1v) is 11.9. The van der Waals surface area contributed by atoms with Crippen LogP contribution < -0.4 is 15.5 Å². The molecule has 0 aromatic heterocycles. The molecular formula is C25H38N4O3. The molecule has 176 valence electrons. The standard InChI is InChI=1S/C25H38N4O3/c1-15-14-27(11-12-28(15)24(31)32-25(4,5)6)19-9-10-21-20(13-19)22(26)16(2)23(18-7-8-18)29(21)17(3)30/h9-10,13,15-16,18,22-23H,7-8,11-12,14,26H2,1-6H3. The number of piperazine rings is 1. The lowest BCUT2D eigenvalue weighted by Crippen LogP contribution is -2.55. The van der Waals surface area contributed by atoms with Gasteiger partial charge in [-0.15, -0.1) is 0 Å². The normalized spacial score (nSPS) is 28.4. The molecule has 1 aromatic carbocycles. The van der Waals surface area contributed by atoms with Crippen LogP contribution in [0.5, 0.6) is 0 Å². The number of fused-ring (bicyclic) bond motifs is 1. The van der Waals surface area contributed by atoms with Gasteiger partial charge >= 0.3 is 6.09 Å². The molecule has 1 aliphatic carbocycles. The molecule has 4 rings (SSSR count). The summed E-state index contributed by atoms with van der Waals surface area (Å²) in [4.78, 5) is 31.3. The topological polar surface area (TPSA) is 79.1 Å². The van der Waals surface area contributed by atoms with Crippen molar-refractivity contribution in [1.29, 1.82) is 0 Å². The third-order valence-corrected chi connectivity index (χ3v) is 7.10. The molecule has 0 bridgehead atoms. The smallest absolute Gasteiger partial charge is 0.410 e. The lowest BCUT2D eigenvalue weighted by atomic mass is 9.80. The molecule has 2 aliphatic heterocycles. The summed E-state index contributed by atoms with van der Waals surface area (Å²) in [6.45, 7) is 13.6. The van der Waals surface area contributed by atoms with E-state index in [1.807, 2.05) is 30.6 Å². The van der Waals surface area contributed by atoms with E-state index in [1.165, 1.54) is 12.8 Å². The van der Waals surface area contributed by atoms with Crippen LogP contribution in [0.2, 0.25) is 0 Å². The Morgan fingerprint density at radius 3 is 2.38 bits per heavy atom. The molecule has 2 fully saturated rings. The zero-order valence-corrected chi connectivity index (χ0v) is 20.3. The van der Waals surface area contributed by atoms with E-state index in [2.05, 4.69) is 36.9 Å². The van der Waals surface area contributed by atoms with Gasteiger partial charge in [-0.1, -0.05) is 6.92 Å². The zero-order chi connectivity index (χ0) is 23.4. The third kappa shape index (κ3) is 4.32. The van der Waals surface area contributed by atoms with Crippen molar-refractivity contribution in [3.8, 4) is 0 Å². The van der Waals surface area contributed by atoms with Crippen molar-refractivity contribution in [2.75, 3.05) is 29.4 Å². The minimum atomic E-state index is -0.500. The van der Waals surface area contributed by atoms with E-state index in [4.69, 9.17) is 10.5 Å². The van der Waals surface area contributed by atoms with Gasteiger partial charge in [0.1, 0.15) is 5.60 Å². The van der Waals surface area contributed by atoms with Gasteiger partial charge in [-0.25, -0.2) is 4.79 Å². The second-order valence-corrected chi connectivity index (χ2v) is 10.8. The molecule has 4 atom stereocenters. The minimum absolute atomic E-state index is 0.0372. The molecule has 2 N–H and O–H groups in total. The summed E-state index contributed by atoms with van der Waals surface area (Å²) in [5, 5.41) is 0. The number of carbonyl (C=O) groups excluding carboxylic acids is 2. The van der Waals surface area contributed by atoms with Gasteiger partial charge in [0.05, 0.1) is 0 Å². The number of nitrogens with two attached hydrogens (primary N) is 1. The number of nitrogens with zero attached hydrogens (tertiary/aromatic N) is 3. The Balaban J connectivity index is 1.55. The van der Waals surface area contributed by atoms with E-state index in [1.54, 1.807) is 6.92 Å². The number of anilines is 2. The summed E-state index contributed by atoms with van der Waals surface area (Å²) >= 11 is 0. The van der Waals surface area contributed by atoms with Crippen molar-refractivity contribution in [2.24, 2.45) is 17.6 Å². The predicted molar refractivity (Wildman–Crippen MR) is 127 cm³/mol. The summed E-state index contributed by atoms with van der Waals surface area (Å²) in [5.41, 5.74) is 9.33. The quantitative estimate of drug-likeness (QED) is 0.751. The molecule has 3 aliphatic rings. The monoisotopic (exact) mass is 442 g/mol. The number of ether oxygens (including phenoxy) is 1. The third-order valence-electron chi connectivity index (χ3n) is 7.10. The maximum Gasteiger partial charge on any atom is 0.410 e. The Kier molecular flexibility index (Phi) is 5.90. The van der Waals surface area contributed by atoms with Crippen LogP contribution in [0.3, 0.4) is 0 Å². The highest BCUT2D eigenvalue weighted by atomic mass is 16.6. The fourth-order valence-corrected chi connectivity index (χ4v) is 5.36. The van der Waals surface area contributed by atoms with Gasteiger partial charge in [-0.05, 0) is 76.1 Å². The zero-order valence-electron chi connectivity index (χ0n) is 20.3. The molecule has 2 amide bonds. The Labute approximate surface area is 191 Å². The number of rotatable bonds is 2. The summed E-state index contributed by atoms with van der Waals surface area (Å²) in [6.07, 6.45) is 2.10. The molecule has 1 saturated heterocycles. The van der Waals surface area contributed by atoms with Crippen LogP contribution in [0.25, 0.3) is 0 Å². The van der Waals surface area contributed by atoms with E-state index in [9.17, 15) is 9.59 Å². The van der Waals surface area contributed by atoms with Gasteiger partial charge in [0.25, 0.3) is 0 Å². The molecule has 1 saturated carbocycles. The molecule has 7 heteroatoms. The van der Waals surface area contributed by atoms with E-state index in [-0.39, 0.29) is 36.0 Å². The molecule has 4 unspecified atom stereocenters. The highest BCUT2D eigenvalue weighted by Gasteiger charge is 2.46. The number of hydrogen-bond acceptors (Lipinski definition) is 5. The second-order valence-electron chi connectivity index (χ2n) is 10.8. The summed E-state index contributed by atoms with van der Waals surface area (Å²) in [7, 11) is 0. The largest absolute Gasteiger partial charge is 0.444 e. The highest BCUT2D eigenvalue weighted by molar-refractivity contribution is 5.94. The molecule has 2 heterocycles. The van der Waals surface area contributed by atoms with E-state index in [0.29, 0.717) is 12.5 Å². The van der Waals surface area contributed by atoms with Crippen molar-refractivity contribution in [3.05, 3.63) is 23.8 Å². The maximum absolute atomic E-state index is 12.6. The van der Waals surface area contributed by atoms with Crippen LogP contribution >= 0.6 is 0 Å². The van der Waals surface area contributed by atoms with Crippen LogP contribution in [0.15, 0.2) is 18.2 Å². The average molecular weight is 443 g/mol. The summed E-state index contributed by atoms with van der Waals surface area (Å²) < 4.78 is 5.57. The van der Waals surface area contributed by atoms with Gasteiger partial charge in [-0.3, -0.25) is 4.79 Å². The lowest BCUT2D eigenvalue weighted by molar-refractivity contribution is -0.117. The van der Waals surface area contributed by atoms with Crippen molar-refractivity contribution in [2.45, 2.75) is 78.1 Å². The first-order chi connectivity index (χ1) is 15.0. The van der Waals surface area contributed by atoms with Crippen molar-refractivity contribution in [3.63, 3.8) is 0 Å². The van der Waals surface area contributed by atoms with Gasteiger partial charge in [0.2, 0.25) is 5.91 Å². The van der Waals surface area contributed by atoms with Gasteiger partial charge < -0.3 is 25.2 Å². The fourth-order valence-electron chi connectivity index (χ4n) is 5.36. The number of amides is 2. The number of hydrogen-bond donors (Lipinski definition) is 1. The lowest BCUT2D eigenvalue weighted by Gasteiger charge is -2.45. The molecule has 1 aromatic rings. The fraction of sp³-hybridized carbons (Fsp3) is 0.680. The van der Waals surface area contributed by atoms with Crippen LogP contribution in [0.1, 0.15) is 66.0 Å². The van der Waals surface area contributed by atoms with Crippen molar-refractivity contribution >= 4 is 23.4 Å². The molecule has 0 radical (unpaired) electrons. The number of carbonyl (C=O) groups is 2. The molecule has 0 spiro atoms. The van der Waals surface area contributed by atoms with Crippen LogP contribution in [0, 0.1) is 11.8 Å². The Hall–Kier alpha value is -2.28. The van der Waals surface area contributed by atoms with Crippen LogP contribution in [-0.2, 0) is 9.53 Å². The van der Waals surface area contributed by atoms with E-state index < -0.39 is 5.60 Å². The Morgan fingerprint density at radius 2 is 1.81 bits per heavy atom. The van der Waals surface area contributed by atoms with Gasteiger partial charge in [0.15, 0.2) is 0 Å². The average Bonchev–Trinajstić information content (AvgIpc) is 3.53. The minimum Gasteiger partial charge on any atom is -0.444 e. The highest BCUT2D eigenvalue weighted by Crippen LogP contribution is 2.49. The summed E-state index contributed by atoms with van der Waals surface area (Å²) in [5.74, 6) is 0.876. The van der Waals surface area contributed by atoms with Gasteiger partial charge in [0, 0.05) is 56.1 Å². The first kappa shape index (κ1) is 22.9. The second kappa shape index (κ2) is 8.25. The Bertz CT molecular complexity index is 892. The SMILES string of the molecule is CC(=O)N1c2ccc(N3CCN(C(=O)OC(C)(C)C)C(C)C3)cc2C(N)C(C)C1C1CC1. The van der Waals surface area contributed by atoms with E-state index >= 15 is 0 Å². The van der Waals surface area contributed by atoms with Gasteiger partial charge in [-0.2, -0.15) is 0 Å². The van der Waals surface area contributed by atoms with Crippen LogP contribution in [-0.4, -0.2) is 54.2 Å². The predicted octanol–water partition coefficient (Wildman–Crippen LogP) is 3.91. The first-order valence-electron chi connectivity index (χ1n) is 11.9. The van der Waals surface area contributed by atoms with E-state index in [0.717, 1.165) is 30.0 Å². The maximum atomic E-state index is 12.6. The molecule has 32 heavy (non-hydrogen) atoms. The Morgan fingerprint density at radius 1 is 1.12 bits per heavy atom. The van der Waals surface area contributed by atoms with Crippen molar-refractivity contribution < 1.29 is 14.3 Å². The van der Waals surface area contributed by atoms with Crippen LogP contribution in [0.4, 0.5) is 16.2 Å². The number of benzene rings is 1. The van der Waals surface area contributed by atoms with Crippen molar-refractivity contribution in [1.82, 2.24) is 4.90 Å². The summed E-state index contributed by atoms with van der Waals surface area (Å²) in [6, 6.07) is 6.46.